The number of nitrogens with one attached hydrogen (secondary N) is 2. The second-order valence-corrected chi connectivity index (χ2v) is 4.19. The molecule has 100 valence electrons. The lowest BCUT2D eigenvalue weighted by atomic mass is 10.2. The molecule has 0 aliphatic carbocycles. The summed E-state index contributed by atoms with van der Waals surface area (Å²) in [5, 5.41) is 2.61. The van der Waals surface area contributed by atoms with E-state index >= 15 is 0 Å². The summed E-state index contributed by atoms with van der Waals surface area (Å²) in [4.78, 5) is 25.5. The number of anilines is 1. The van der Waals surface area contributed by atoms with Crippen molar-refractivity contribution in [3.8, 4) is 0 Å². The van der Waals surface area contributed by atoms with Gasteiger partial charge in [0.15, 0.2) is 5.58 Å². The smallest absolute Gasteiger partial charge is 0.408 e. The molecular formula is C14H9FN2O3. The first kappa shape index (κ1) is 12.2. The highest BCUT2D eigenvalue weighted by atomic mass is 19.1. The third-order valence-electron chi connectivity index (χ3n) is 2.77. The maximum Gasteiger partial charge on any atom is 0.417 e. The summed E-state index contributed by atoms with van der Waals surface area (Å²) >= 11 is 0. The number of fused-ring (bicyclic) bond motifs is 1. The van der Waals surface area contributed by atoms with Crippen LogP contribution in [0, 0.1) is 5.82 Å². The zero-order chi connectivity index (χ0) is 14.1. The standard InChI is InChI=1S/C14H9FN2O3/c15-9-3-1-2-8(6-9)13(18)16-10-4-5-11-12(7-10)20-14(19)17-11/h1-7H,(H,16,18)(H,17,19). The molecule has 0 aliphatic heterocycles. The second-order valence-electron chi connectivity index (χ2n) is 4.19. The first-order chi connectivity index (χ1) is 9.61. The predicted octanol–water partition coefficient (Wildman–Crippen LogP) is 2.51. The van der Waals surface area contributed by atoms with Crippen LogP contribution in [0.1, 0.15) is 10.4 Å². The summed E-state index contributed by atoms with van der Waals surface area (Å²) < 4.78 is 17.9. The Labute approximate surface area is 112 Å². The molecule has 3 rings (SSSR count). The lowest BCUT2D eigenvalue weighted by molar-refractivity contribution is 0.102. The van der Waals surface area contributed by atoms with E-state index in [1.54, 1.807) is 12.1 Å². The lowest BCUT2D eigenvalue weighted by Gasteiger charge is -2.04. The maximum absolute atomic E-state index is 13.0. The topological polar surface area (TPSA) is 75.1 Å². The third-order valence-corrected chi connectivity index (χ3v) is 2.77. The molecule has 1 aromatic heterocycles. The van der Waals surface area contributed by atoms with Gasteiger partial charge in [-0.15, -0.1) is 0 Å². The van der Waals surface area contributed by atoms with Crippen LogP contribution < -0.4 is 11.1 Å². The Morgan fingerprint density at radius 2 is 2.05 bits per heavy atom. The van der Waals surface area contributed by atoms with Crippen molar-refractivity contribution in [3.05, 3.63) is 64.4 Å². The van der Waals surface area contributed by atoms with E-state index in [0.717, 1.165) is 6.07 Å². The van der Waals surface area contributed by atoms with Gasteiger partial charge in [-0.3, -0.25) is 9.78 Å². The molecule has 2 aromatic carbocycles. The van der Waals surface area contributed by atoms with E-state index in [1.165, 1.54) is 24.3 Å². The minimum absolute atomic E-state index is 0.209. The Balaban J connectivity index is 1.88. The molecule has 0 unspecified atom stereocenters. The Bertz CT molecular complexity index is 851. The largest absolute Gasteiger partial charge is 0.417 e. The molecule has 3 aromatic rings. The number of amides is 1. The van der Waals surface area contributed by atoms with E-state index in [0.29, 0.717) is 16.8 Å². The normalized spacial score (nSPS) is 10.7. The predicted molar refractivity (Wildman–Crippen MR) is 71.2 cm³/mol. The van der Waals surface area contributed by atoms with Crippen molar-refractivity contribution in [2.45, 2.75) is 0 Å². The van der Waals surface area contributed by atoms with Gasteiger partial charge in [-0.05, 0) is 30.3 Å². The van der Waals surface area contributed by atoms with E-state index in [-0.39, 0.29) is 5.56 Å². The van der Waals surface area contributed by atoms with Crippen molar-refractivity contribution in [2.24, 2.45) is 0 Å². The molecule has 6 heteroatoms. The summed E-state index contributed by atoms with van der Waals surface area (Å²) in [6, 6.07) is 10.1. The number of carbonyl (C=O) groups is 1. The molecule has 1 heterocycles. The molecular weight excluding hydrogens is 263 g/mol. The zero-order valence-electron chi connectivity index (χ0n) is 10.1. The lowest BCUT2D eigenvalue weighted by Crippen LogP contribution is -2.11. The summed E-state index contributed by atoms with van der Waals surface area (Å²) in [5.41, 5.74) is 1.54. The molecule has 1 amide bonds. The summed E-state index contributed by atoms with van der Waals surface area (Å²) in [7, 11) is 0. The summed E-state index contributed by atoms with van der Waals surface area (Å²) in [5.74, 6) is -1.49. The summed E-state index contributed by atoms with van der Waals surface area (Å²) in [6.07, 6.45) is 0. The van der Waals surface area contributed by atoms with Gasteiger partial charge in [0.2, 0.25) is 0 Å². The van der Waals surface area contributed by atoms with Crippen molar-refractivity contribution < 1.29 is 13.6 Å². The van der Waals surface area contributed by atoms with Crippen LogP contribution in [0.3, 0.4) is 0 Å². The van der Waals surface area contributed by atoms with Gasteiger partial charge in [0.05, 0.1) is 5.52 Å². The number of hydrogen-bond donors (Lipinski definition) is 2. The number of benzene rings is 2. The van der Waals surface area contributed by atoms with Crippen LogP contribution >= 0.6 is 0 Å². The highest BCUT2D eigenvalue weighted by molar-refractivity contribution is 6.04. The van der Waals surface area contributed by atoms with Gasteiger partial charge in [-0.2, -0.15) is 0 Å². The van der Waals surface area contributed by atoms with Crippen LogP contribution in [-0.4, -0.2) is 10.9 Å². The molecule has 0 aliphatic rings. The Morgan fingerprint density at radius 1 is 1.20 bits per heavy atom. The molecule has 20 heavy (non-hydrogen) atoms. The van der Waals surface area contributed by atoms with Gasteiger partial charge in [0, 0.05) is 17.3 Å². The van der Waals surface area contributed by atoms with E-state index in [4.69, 9.17) is 4.42 Å². The Kier molecular flexibility index (Phi) is 2.83. The van der Waals surface area contributed by atoms with Crippen molar-refractivity contribution in [1.82, 2.24) is 4.98 Å². The highest BCUT2D eigenvalue weighted by Gasteiger charge is 2.08. The zero-order valence-corrected chi connectivity index (χ0v) is 10.1. The van der Waals surface area contributed by atoms with Crippen molar-refractivity contribution >= 4 is 22.7 Å². The van der Waals surface area contributed by atoms with Crippen LogP contribution in [0.15, 0.2) is 51.7 Å². The first-order valence-electron chi connectivity index (χ1n) is 5.81. The Morgan fingerprint density at radius 3 is 2.85 bits per heavy atom. The van der Waals surface area contributed by atoms with Crippen LogP contribution in [0.4, 0.5) is 10.1 Å². The maximum atomic E-state index is 13.0. The molecule has 0 radical (unpaired) electrons. The van der Waals surface area contributed by atoms with Crippen LogP contribution in [-0.2, 0) is 0 Å². The molecule has 5 nitrogen and oxygen atoms in total. The number of carbonyl (C=O) groups excluding carboxylic acids is 1. The number of oxazole rings is 1. The number of H-pyrrole nitrogens is 1. The molecule has 0 atom stereocenters. The van der Waals surface area contributed by atoms with Gasteiger partial charge in [0.1, 0.15) is 5.82 Å². The van der Waals surface area contributed by atoms with Crippen LogP contribution in [0.5, 0.6) is 0 Å². The SMILES string of the molecule is O=C(Nc1ccc2[nH]c(=O)oc2c1)c1cccc(F)c1. The Hall–Kier alpha value is -2.89. The minimum Gasteiger partial charge on any atom is -0.408 e. The van der Waals surface area contributed by atoms with Crippen molar-refractivity contribution in [2.75, 3.05) is 5.32 Å². The molecule has 0 bridgehead atoms. The van der Waals surface area contributed by atoms with Crippen LogP contribution in [0.25, 0.3) is 11.1 Å². The number of hydrogen-bond acceptors (Lipinski definition) is 3. The molecule has 0 saturated carbocycles. The third kappa shape index (κ3) is 2.31. The number of halogens is 1. The van der Waals surface area contributed by atoms with Crippen LogP contribution in [0.2, 0.25) is 0 Å². The molecule has 2 N–H and O–H groups in total. The van der Waals surface area contributed by atoms with Gasteiger partial charge in [-0.1, -0.05) is 6.07 Å². The fourth-order valence-electron chi connectivity index (χ4n) is 1.86. The average molecular weight is 272 g/mol. The van der Waals surface area contributed by atoms with Gasteiger partial charge < -0.3 is 9.73 Å². The minimum atomic E-state index is -0.561. The number of aromatic nitrogens is 1. The number of rotatable bonds is 2. The average Bonchev–Trinajstić information content (AvgIpc) is 2.78. The molecule has 0 saturated heterocycles. The fraction of sp³-hybridized carbons (Fsp3) is 0. The second kappa shape index (κ2) is 4.65. The van der Waals surface area contributed by atoms with Crippen molar-refractivity contribution in [3.63, 3.8) is 0 Å². The quantitative estimate of drug-likeness (QED) is 0.752. The van der Waals surface area contributed by atoms with Gasteiger partial charge >= 0.3 is 5.76 Å². The van der Waals surface area contributed by atoms with Crippen molar-refractivity contribution in [1.29, 1.82) is 0 Å². The van der Waals surface area contributed by atoms with E-state index < -0.39 is 17.5 Å². The van der Waals surface area contributed by atoms with E-state index in [2.05, 4.69) is 10.3 Å². The number of aromatic amines is 1. The fourth-order valence-corrected chi connectivity index (χ4v) is 1.86. The van der Waals surface area contributed by atoms with Gasteiger partial charge in [-0.25, -0.2) is 9.18 Å². The summed E-state index contributed by atoms with van der Waals surface area (Å²) in [6.45, 7) is 0. The highest BCUT2D eigenvalue weighted by Crippen LogP contribution is 2.17. The van der Waals surface area contributed by atoms with E-state index in [1.807, 2.05) is 0 Å². The van der Waals surface area contributed by atoms with Gasteiger partial charge in [0.25, 0.3) is 5.91 Å². The molecule has 0 fully saturated rings. The van der Waals surface area contributed by atoms with E-state index in [9.17, 15) is 14.0 Å². The molecule has 0 spiro atoms. The first-order valence-corrected chi connectivity index (χ1v) is 5.81. The monoisotopic (exact) mass is 272 g/mol.